The Morgan fingerprint density at radius 3 is 2.72 bits per heavy atom. The molecule has 1 aliphatic heterocycles. The fraction of sp³-hybridized carbons (Fsp3) is 0.143. The summed E-state index contributed by atoms with van der Waals surface area (Å²) in [6.07, 6.45) is 1.60. The van der Waals surface area contributed by atoms with Crippen LogP contribution in [-0.2, 0) is 4.79 Å². The van der Waals surface area contributed by atoms with Gasteiger partial charge in [-0.25, -0.2) is 9.67 Å². The largest absolute Gasteiger partial charge is 0.325 e. The molecule has 0 bridgehead atoms. The molecule has 0 saturated heterocycles. The summed E-state index contributed by atoms with van der Waals surface area (Å²) in [5.74, 6) is 0.288. The molecule has 4 aromatic rings. The van der Waals surface area contributed by atoms with Crippen LogP contribution in [0.2, 0.25) is 15.1 Å². The van der Waals surface area contributed by atoms with E-state index in [9.17, 15) is 9.59 Å². The number of aromatic nitrogens is 4. The van der Waals surface area contributed by atoms with Crippen molar-refractivity contribution in [1.29, 1.82) is 0 Å². The van der Waals surface area contributed by atoms with Crippen molar-refractivity contribution in [3.05, 3.63) is 74.1 Å². The van der Waals surface area contributed by atoms with Gasteiger partial charge >= 0.3 is 0 Å². The van der Waals surface area contributed by atoms with Gasteiger partial charge in [-0.3, -0.25) is 14.2 Å². The molecule has 0 spiro atoms. The Labute approximate surface area is 201 Å². The zero-order valence-electron chi connectivity index (χ0n) is 16.3. The predicted octanol–water partition coefficient (Wildman–Crippen LogP) is 5.22. The topological polar surface area (TPSA) is 81.8 Å². The third-order valence-corrected chi connectivity index (χ3v) is 7.26. The molecular weight excluding hydrogens is 493 g/mol. The highest BCUT2D eigenvalue weighted by atomic mass is 35.5. The molecule has 5 rings (SSSR count). The predicted molar refractivity (Wildman–Crippen MR) is 128 cm³/mol. The minimum Gasteiger partial charge on any atom is -0.325 e. The van der Waals surface area contributed by atoms with E-state index in [1.54, 1.807) is 39.6 Å². The Bertz CT molecular complexity index is 1420. The second kappa shape index (κ2) is 8.44. The summed E-state index contributed by atoms with van der Waals surface area (Å²) in [6, 6.07) is 11.8. The summed E-state index contributed by atoms with van der Waals surface area (Å²) >= 11 is 19.6. The van der Waals surface area contributed by atoms with Gasteiger partial charge in [-0.2, -0.15) is 5.10 Å². The zero-order chi connectivity index (χ0) is 22.4. The highest BCUT2D eigenvalue weighted by Crippen LogP contribution is 2.34. The number of nitrogens with zero attached hydrogens (tertiary/aromatic N) is 4. The molecule has 0 saturated carbocycles. The second-order valence-electron chi connectivity index (χ2n) is 7.16. The SMILES string of the molecule is O=C(CC1CSc2nc3c(cnn3-c3ccc(Cl)cc3)c(=O)n21)Nc1cccc(Cl)c1Cl. The first-order chi connectivity index (χ1) is 15.4. The van der Waals surface area contributed by atoms with Crippen LogP contribution in [0.5, 0.6) is 0 Å². The van der Waals surface area contributed by atoms with Gasteiger partial charge in [-0.1, -0.05) is 52.6 Å². The molecule has 1 unspecified atom stereocenters. The van der Waals surface area contributed by atoms with E-state index in [2.05, 4.69) is 15.4 Å². The molecule has 3 heterocycles. The van der Waals surface area contributed by atoms with Gasteiger partial charge in [-0.05, 0) is 36.4 Å². The van der Waals surface area contributed by atoms with Gasteiger partial charge in [-0.15, -0.1) is 0 Å². The molecule has 1 atom stereocenters. The van der Waals surface area contributed by atoms with E-state index in [-0.39, 0.29) is 29.0 Å². The molecule has 1 N–H and O–H groups in total. The average Bonchev–Trinajstić information content (AvgIpc) is 3.37. The summed E-state index contributed by atoms with van der Waals surface area (Å²) in [5, 5.41) is 9.28. The number of anilines is 1. The molecule has 162 valence electrons. The van der Waals surface area contributed by atoms with Crippen LogP contribution in [0.25, 0.3) is 16.7 Å². The lowest BCUT2D eigenvalue weighted by Gasteiger charge is -2.14. The van der Waals surface area contributed by atoms with Crippen LogP contribution >= 0.6 is 46.6 Å². The Balaban J connectivity index is 1.44. The fourth-order valence-corrected chi connectivity index (χ4v) is 5.17. The molecule has 2 aromatic carbocycles. The third kappa shape index (κ3) is 3.77. The Hall–Kier alpha value is -2.52. The van der Waals surface area contributed by atoms with Crippen molar-refractivity contribution in [1.82, 2.24) is 19.3 Å². The first kappa shape index (κ1) is 21.3. The molecule has 1 aliphatic rings. The van der Waals surface area contributed by atoms with Gasteiger partial charge in [0.1, 0.15) is 5.39 Å². The lowest BCUT2D eigenvalue weighted by Crippen LogP contribution is -2.27. The minimum absolute atomic E-state index is 0.0985. The molecular formula is C21H14Cl3N5O2S. The molecule has 1 amide bonds. The van der Waals surface area contributed by atoms with E-state index in [0.717, 1.165) is 5.69 Å². The number of benzene rings is 2. The molecule has 0 radical (unpaired) electrons. The maximum atomic E-state index is 13.2. The highest BCUT2D eigenvalue weighted by Gasteiger charge is 2.29. The molecule has 0 fully saturated rings. The van der Waals surface area contributed by atoms with Crippen LogP contribution < -0.4 is 10.9 Å². The van der Waals surface area contributed by atoms with Gasteiger partial charge in [0, 0.05) is 17.2 Å². The molecule has 0 aliphatic carbocycles. The molecule has 11 heteroatoms. The van der Waals surface area contributed by atoms with Crippen molar-refractivity contribution in [2.24, 2.45) is 0 Å². The summed E-state index contributed by atoms with van der Waals surface area (Å²) in [7, 11) is 0. The number of hydrogen-bond acceptors (Lipinski definition) is 5. The standard InChI is InChI=1S/C21H14Cl3N5O2S/c22-11-4-6-12(7-5-11)29-19-14(9-25-29)20(31)28-13(10-32-21(28)27-19)8-17(30)26-16-3-1-2-15(23)18(16)24/h1-7,9,13H,8,10H2,(H,26,30). The van der Waals surface area contributed by atoms with E-state index < -0.39 is 0 Å². The number of rotatable bonds is 4. The van der Waals surface area contributed by atoms with E-state index in [4.69, 9.17) is 34.8 Å². The van der Waals surface area contributed by atoms with Crippen molar-refractivity contribution < 1.29 is 4.79 Å². The average molecular weight is 507 g/mol. The second-order valence-corrected chi connectivity index (χ2v) is 9.37. The van der Waals surface area contributed by atoms with Crippen molar-refractivity contribution in [3.63, 3.8) is 0 Å². The number of hydrogen-bond donors (Lipinski definition) is 1. The van der Waals surface area contributed by atoms with Crippen LogP contribution in [0.3, 0.4) is 0 Å². The Morgan fingerprint density at radius 1 is 1.16 bits per heavy atom. The lowest BCUT2D eigenvalue weighted by molar-refractivity contribution is -0.116. The fourth-order valence-electron chi connectivity index (χ4n) is 3.57. The number of carbonyl (C=O) groups excluding carboxylic acids is 1. The smallest absolute Gasteiger partial charge is 0.265 e. The summed E-state index contributed by atoms with van der Waals surface area (Å²) in [5.41, 5.74) is 1.42. The normalized spacial score (nSPS) is 15.2. The van der Waals surface area contributed by atoms with Crippen molar-refractivity contribution >= 4 is 69.2 Å². The molecule has 2 aromatic heterocycles. The number of nitrogens with one attached hydrogen (secondary N) is 1. The van der Waals surface area contributed by atoms with Crippen LogP contribution in [0, 0.1) is 0 Å². The van der Waals surface area contributed by atoms with Gasteiger partial charge < -0.3 is 5.32 Å². The Morgan fingerprint density at radius 2 is 1.94 bits per heavy atom. The zero-order valence-corrected chi connectivity index (χ0v) is 19.3. The number of amides is 1. The quantitative estimate of drug-likeness (QED) is 0.384. The number of fused-ring (bicyclic) bond motifs is 2. The van der Waals surface area contributed by atoms with E-state index >= 15 is 0 Å². The molecule has 32 heavy (non-hydrogen) atoms. The molecule has 7 nitrogen and oxygen atoms in total. The van der Waals surface area contributed by atoms with Gasteiger partial charge in [0.25, 0.3) is 5.56 Å². The summed E-state index contributed by atoms with van der Waals surface area (Å²) in [4.78, 5) is 30.5. The monoisotopic (exact) mass is 505 g/mol. The van der Waals surface area contributed by atoms with Crippen LogP contribution in [0.1, 0.15) is 12.5 Å². The van der Waals surface area contributed by atoms with Gasteiger partial charge in [0.15, 0.2) is 10.8 Å². The van der Waals surface area contributed by atoms with E-state index in [1.807, 2.05) is 12.1 Å². The van der Waals surface area contributed by atoms with Crippen LogP contribution in [0.4, 0.5) is 5.69 Å². The van der Waals surface area contributed by atoms with Gasteiger partial charge in [0.05, 0.1) is 33.7 Å². The number of carbonyl (C=O) groups is 1. The third-order valence-electron chi connectivity index (χ3n) is 5.09. The first-order valence-corrected chi connectivity index (χ1v) is 11.7. The van der Waals surface area contributed by atoms with Gasteiger partial charge in [0.2, 0.25) is 5.91 Å². The van der Waals surface area contributed by atoms with Crippen molar-refractivity contribution in [2.45, 2.75) is 17.6 Å². The minimum atomic E-state index is -0.337. The maximum Gasteiger partial charge on any atom is 0.265 e. The maximum absolute atomic E-state index is 13.2. The summed E-state index contributed by atoms with van der Waals surface area (Å²) < 4.78 is 3.18. The van der Waals surface area contributed by atoms with Crippen LogP contribution in [-0.4, -0.2) is 31.0 Å². The van der Waals surface area contributed by atoms with E-state index in [0.29, 0.717) is 37.7 Å². The number of halogens is 3. The lowest BCUT2D eigenvalue weighted by atomic mass is 10.2. The van der Waals surface area contributed by atoms with Crippen LogP contribution in [0.15, 0.2) is 58.6 Å². The highest BCUT2D eigenvalue weighted by molar-refractivity contribution is 7.99. The Kier molecular flexibility index (Phi) is 5.63. The first-order valence-electron chi connectivity index (χ1n) is 9.55. The summed E-state index contributed by atoms with van der Waals surface area (Å²) in [6.45, 7) is 0. The van der Waals surface area contributed by atoms with Crippen molar-refractivity contribution in [3.8, 4) is 5.69 Å². The van der Waals surface area contributed by atoms with E-state index in [1.165, 1.54) is 18.0 Å². The number of thioether (sulfide) groups is 1. The van der Waals surface area contributed by atoms with Crippen molar-refractivity contribution in [2.75, 3.05) is 11.1 Å².